The summed E-state index contributed by atoms with van der Waals surface area (Å²) in [5.74, 6) is -3.50. The van der Waals surface area contributed by atoms with Gasteiger partial charge in [-0.2, -0.15) is 0 Å². The van der Waals surface area contributed by atoms with Gasteiger partial charge in [0.05, 0.1) is 0 Å². The summed E-state index contributed by atoms with van der Waals surface area (Å²) in [6.07, 6.45) is 0. The van der Waals surface area contributed by atoms with Crippen molar-refractivity contribution in [2.75, 3.05) is 0 Å². The number of carbonyl (C=O) groups excluding carboxylic acids is 4. The van der Waals surface area contributed by atoms with Crippen molar-refractivity contribution in [2.24, 2.45) is 0 Å². The molecule has 98 valence electrons. The van der Waals surface area contributed by atoms with Crippen molar-refractivity contribution < 1.29 is 136 Å². The maximum atomic E-state index is 9.66. The van der Waals surface area contributed by atoms with Crippen molar-refractivity contribution in [1.29, 1.82) is 0 Å². The van der Waals surface area contributed by atoms with Gasteiger partial charge in [0, 0.05) is 108 Å². The number of hydrogen-bond acceptors (Lipinski definition) is 6. The first-order valence-corrected chi connectivity index (χ1v) is 3.05. The van der Waals surface area contributed by atoms with E-state index in [1.807, 2.05) is 0 Å². The van der Waals surface area contributed by atoms with Crippen LogP contribution in [0.15, 0.2) is 0 Å². The van der Waals surface area contributed by atoms with Crippen LogP contribution in [0.1, 0.15) is 0 Å². The van der Waals surface area contributed by atoms with E-state index in [0.717, 1.165) is 0 Å². The molecule has 0 rings (SSSR count). The van der Waals surface area contributed by atoms with Crippen molar-refractivity contribution in [3.05, 3.63) is 27.7 Å². The third kappa shape index (κ3) is 53.1. The van der Waals surface area contributed by atoms with Gasteiger partial charge in [0.25, 0.3) is 0 Å². The van der Waals surface area contributed by atoms with Gasteiger partial charge in [0.15, 0.2) is 23.9 Å². The number of esters is 4. The Morgan fingerprint density at radius 2 is 0.667 bits per heavy atom. The molecule has 0 aliphatic rings. The van der Waals surface area contributed by atoms with Gasteiger partial charge in [0.1, 0.15) is 0 Å². The van der Waals surface area contributed by atoms with Crippen molar-refractivity contribution >= 4 is 23.9 Å². The zero-order valence-corrected chi connectivity index (χ0v) is 20.8. The second-order valence-electron chi connectivity index (χ2n) is 1.69. The Hall–Kier alpha value is 1.34. The predicted molar refractivity (Wildman–Crippen MR) is 43.6 cm³/mol. The molecular formula is C8H8O6W2Y2-4. The van der Waals surface area contributed by atoms with Gasteiger partial charge in [-0.15, -0.1) is 0 Å². The molecule has 2 radical (unpaired) electrons. The molecule has 0 aromatic rings. The standard InChI is InChI=1S/2C4H4O3.2W.2Y/c2*1-3(5)7-4(2)6;;;;/h2*1-2H2;;;;/q2*-2;;;;. The first-order valence-electron chi connectivity index (χ1n) is 3.05. The summed E-state index contributed by atoms with van der Waals surface area (Å²) >= 11 is 0. The summed E-state index contributed by atoms with van der Waals surface area (Å²) in [5.41, 5.74) is 0. The molecule has 18 heavy (non-hydrogen) atoms. The normalized spacial score (nSPS) is 5.78. The van der Waals surface area contributed by atoms with Gasteiger partial charge in [-0.3, -0.25) is 46.9 Å². The first-order chi connectivity index (χ1) is 6.25. The molecule has 0 saturated heterocycles. The van der Waals surface area contributed by atoms with Crippen molar-refractivity contribution in [2.45, 2.75) is 0 Å². The third-order valence-electron chi connectivity index (χ3n) is 0.455. The number of ether oxygens (including phenoxy) is 2. The fourth-order valence-corrected chi connectivity index (χ4v) is 0.254. The van der Waals surface area contributed by atoms with Crippen LogP contribution in [0.3, 0.4) is 0 Å². The van der Waals surface area contributed by atoms with Crippen LogP contribution >= 0.6 is 0 Å². The Labute approximate surface area is 185 Å². The van der Waals surface area contributed by atoms with Crippen molar-refractivity contribution in [3.8, 4) is 0 Å². The third-order valence-corrected chi connectivity index (χ3v) is 0.455. The SMILES string of the molecule is [CH2-]C(=O)OC([CH2-])=O.[CH2-]C(=O)OC([CH2-])=O.[W].[W].[Y].[Y]. The second-order valence-corrected chi connectivity index (χ2v) is 1.69. The first kappa shape index (κ1) is 36.6. The molecular weight excluding hydrogens is 738 g/mol. The van der Waals surface area contributed by atoms with E-state index in [4.69, 9.17) is 0 Å². The van der Waals surface area contributed by atoms with E-state index < -0.39 is 23.9 Å². The van der Waals surface area contributed by atoms with Crippen LogP contribution in [0.2, 0.25) is 0 Å². The molecule has 0 aromatic carbocycles. The molecule has 10 heteroatoms. The van der Waals surface area contributed by atoms with E-state index in [9.17, 15) is 19.2 Å². The molecule has 0 bridgehead atoms. The minimum atomic E-state index is -0.875. The average Bonchev–Trinajstić information content (AvgIpc) is 1.79. The van der Waals surface area contributed by atoms with Crippen LogP contribution in [0.4, 0.5) is 0 Å². The molecule has 0 heterocycles. The smallest absolute Gasteiger partial charge is 0.173 e. The summed E-state index contributed by atoms with van der Waals surface area (Å²) in [7, 11) is 0. The van der Waals surface area contributed by atoms with Crippen LogP contribution in [0, 0.1) is 27.7 Å². The number of rotatable bonds is 0. The molecule has 0 fully saturated rings. The molecule has 0 aliphatic carbocycles. The topological polar surface area (TPSA) is 86.7 Å². The fraction of sp³-hybridized carbons (Fsp3) is 0. The molecule has 0 N–H and O–H groups in total. The van der Waals surface area contributed by atoms with Crippen LogP contribution in [0.5, 0.6) is 0 Å². The Balaban J connectivity index is -0.0000000327. The summed E-state index contributed by atoms with van der Waals surface area (Å²) in [5, 5.41) is 0. The Bertz CT molecular complexity index is 210. The zero-order valence-electron chi connectivity index (χ0n) is 9.25. The van der Waals surface area contributed by atoms with Gasteiger partial charge in [0.2, 0.25) is 0 Å². The summed E-state index contributed by atoms with van der Waals surface area (Å²) in [4.78, 5) is 38.6. The van der Waals surface area contributed by atoms with E-state index in [2.05, 4.69) is 37.2 Å². The minimum absolute atomic E-state index is 0. The molecule has 0 atom stereocenters. The molecule has 0 aromatic heterocycles. The van der Waals surface area contributed by atoms with Gasteiger partial charge in [-0.05, 0) is 0 Å². The maximum absolute atomic E-state index is 9.66. The quantitative estimate of drug-likeness (QED) is 0.188. The van der Waals surface area contributed by atoms with E-state index in [1.54, 1.807) is 0 Å². The second kappa shape index (κ2) is 23.4. The zero-order chi connectivity index (χ0) is 11.7. The van der Waals surface area contributed by atoms with Gasteiger partial charge < -0.3 is 9.47 Å². The predicted octanol–water partition coefficient (Wildman–Crippen LogP) is -0.561. The number of hydrogen-bond donors (Lipinski definition) is 0. The molecule has 0 amide bonds. The number of carbonyl (C=O) groups is 4. The molecule has 0 saturated carbocycles. The molecule has 6 nitrogen and oxygen atoms in total. The van der Waals surface area contributed by atoms with Gasteiger partial charge in [-0.25, -0.2) is 0 Å². The van der Waals surface area contributed by atoms with Gasteiger partial charge in [-0.1, -0.05) is 0 Å². The van der Waals surface area contributed by atoms with Crippen molar-refractivity contribution in [1.82, 2.24) is 0 Å². The largest absolute Gasteiger partial charge is 0.447 e. The molecule has 0 spiro atoms. The van der Waals surface area contributed by atoms with E-state index in [1.165, 1.54) is 0 Å². The van der Waals surface area contributed by atoms with Crippen LogP contribution in [-0.2, 0) is 136 Å². The van der Waals surface area contributed by atoms with Crippen LogP contribution < -0.4 is 0 Å². The summed E-state index contributed by atoms with van der Waals surface area (Å²) in [6.45, 7) is 11.0. The average molecular weight is 746 g/mol. The van der Waals surface area contributed by atoms with Crippen LogP contribution in [-0.4, -0.2) is 23.9 Å². The summed E-state index contributed by atoms with van der Waals surface area (Å²) in [6, 6.07) is 0. The van der Waals surface area contributed by atoms with Gasteiger partial charge >= 0.3 is 0 Å². The summed E-state index contributed by atoms with van der Waals surface area (Å²) < 4.78 is 7.50. The van der Waals surface area contributed by atoms with Crippen LogP contribution in [0.25, 0.3) is 0 Å². The van der Waals surface area contributed by atoms with E-state index >= 15 is 0 Å². The Kier molecular flexibility index (Phi) is 47.6. The van der Waals surface area contributed by atoms with Crippen molar-refractivity contribution in [3.63, 3.8) is 0 Å². The minimum Gasteiger partial charge on any atom is -0.447 e. The van der Waals surface area contributed by atoms with E-state index in [0.29, 0.717) is 0 Å². The molecule has 0 unspecified atom stereocenters. The fourth-order valence-electron chi connectivity index (χ4n) is 0.254. The monoisotopic (exact) mass is 746 g/mol. The van der Waals surface area contributed by atoms with E-state index in [-0.39, 0.29) is 108 Å². The Morgan fingerprint density at radius 1 is 0.556 bits per heavy atom. The maximum Gasteiger partial charge on any atom is 0.173 e. The Morgan fingerprint density at radius 3 is 0.667 bits per heavy atom. The molecule has 0 aliphatic heterocycles.